The Morgan fingerprint density at radius 1 is 0.815 bits per heavy atom. The van der Waals surface area contributed by atoms with Crippen LogP contribution in [-0.4, -0.2) is 11.0 Å². The van der Waals surface area contributed by atoms with Crippen molar-refractivity contribution in [1.82, 2.24) is 0 Å². The number of hydrogen-bond acceptors (Lipinski definition) is 2. The predicted molar refractivity (Wildman–Crippen MR) is 116 cm³/mol. The number of nitrogens with one attached hydrogen (secondary N) is 1. The Morgan fingerprint density at radius 2 is 1.33 bits per heavy atom. The van der Waals surface area contributed by atoms with Crippen LogP contribution in [0.1, 0.15) is 84.0 Å². The average Bonchev–Trinajstić information content (AvgIpc) is 2.66. The van der Waals surface area contributed by atoms with Gasteiger partial charge in [-0.25, -0.2) is 0 Å². The summed E-state index contributed by atoms with van der Waals surface area (Å²) in [6.45, 7) is 2.26. The molecule has 3 nitrogen and oxygen atoms in total. The molecule has 0 saturated carbocycles. The summed E-state index contributed by atoms with van der Waals surface area (Å²) < 4.78 is 0. The zero-order valence-corrected chi connectivity index (χ0v) is 17.0. The van der Waals surface area contributed by atoms with Crippen LogP contribution in [0.25, 0.3) is 0 Å². The van der Waals surface area contributed by atoms with Gasteiger partial charge >= 0.3 is 0 Å². The Bertz CT molecular complexity index is 546. The highest BCUT2D eigenvalue weighted by Crippen LogP contribution is 2.13. The Balaban J connectivity index is 1.93. The maximum atomic E-state index is 11.8. The number of hydrogen-bond donors (Lipinski definition) is 2. The molecule has 0 atom stereocenters. The van der Waals surface area contributed by atoms with Crippen molar-refractivity contribution in [3.8, 4) is 5.75 Å². The maximum absolute atomic E-state index is 11.8. The summed E-state index contributed by atoms with van der Waals surface area (Å²) in [4.78, 5) is 11.8. The molecule has 0 fully saturated rings. The summed E-state index contributed by atoms with van der Waals surface area (Å²) in [6, 6.07) is 6.48. The van der Waals surface area contributed by atoms with E-state index in [-0.39, 0.29) is 11.7 Å². The van der Waals surface area contributed by atoms with Crippen LogP contribution >= 0.6 is 0 Å². The van der Waals surface area contributed by atoms with Crippen molar-refractivity contribution in [2.75, 3.05) is 5.32 Å². The Labute approximate surface area is 165 Å². The van der Waals surface area contributed by atoms with Crippen LogP contribution in [0.5, 0.6) is 5.75 Å². The SMILES string of the molecule is CCCCCCCC/C=C/CCCCC/C=C/C(=O)Nc1ccc(O)cc1. The first-order valence-electron chi connectivity index (χ1n) is 10.6. The van der Waals surface area contributed by atoms with Crippen LogP contribution in [0.15, 0.2) is 48.6 Å². The van der Waals surface area contributed by atoms with Gasteiger partial charge in [-0.15, -0.1) is 0 Å². The lowest BCUT2D eigenvalue weighted by atomic mass is 10.1. The van der Waals surface area contributed by atoms with Crippen LogP contribution < -0.4 is 5.32 Å². The Hall–Kier alpha value is -2.03. The van der Waals surface area contributed by atoms with Gasteiger partial charge in [-0.2, -0.15) is 0 Å². The highest BCUT2D eigenvalue weighted by molar-refractivity contribution is 5.99. The molecule has 27 heavy (non-hydrogen) atoms. The summed E-state index contributed by atoms with van der Waals surface area (Å²) in [7, 11) is 0. The molecule has 1 rings (SSSR count). The minimum atomic E-state index is -0.127. The first-order chi connectivity index (χ1) is 13.2. The number of carbonyl (C=O) groups is 1. The average molecular weight is 372 g/mol. The Morgan fingerprint density at radius 3 is 1.96 bits per heavy atom. The van der Waals surface area contributed by atoms with E-state index in [0.717, 1.165) is 12.8 Å². The lowest BCUT2D eigenvalue weighted by Crippen LogP contribution is -2.07. The van der Waals surface area contributed by atoms with E-state index in [4.69, 9.17) is 0 Å². The number of amides is 1. The molecule has 0 unspecified atom stereocenters. The van der Waals surface area contributed by atoms with Crippen LogP contribution in [0.2, 0.25) is 0 Å². The van der Waals surface area contributed by atoms with Crippen LogP contribution in [0.4, 0.5) is 5.69 Å². The normalized spacial score (nSPS) is 11.4. The van der Waals surface area contributed by atoms with Crippen molar-refractivity contribution in [1.29, 1.82) is 0 Å². The summed E-state index contributed by atoms with van der Waals surface area (Å²) in [5.41, 5.74) is 0.690. The van der Waals surface area contributed by atoms with E-state index >= 15 is 0 Å². The second kappa shape index (κ2) is 16.2. The number of carbonyl (C=O) groups excluding carboxylic acids is 1. The summed E-state index contributed by atoms with van der Waals surface area (Å²) >= 11 is 0. The van der Waals surface area contributed by atoms with E-state index in [9.17, 15) is 9.90 Å². The molecule has 1 amide bonds. The van der Waals surface area contributed by atoms with E-state index in [1.54, 1.807) is 30.3 Å². The number of rotatable bonds is 15. The van der Waals surface area contributed by atoms with Gasteiger partial charge in [-0.1, -0.05) is 63.7 Å². The summed E-state index contributed by atoms with van der Waals surface area (Å²) in [5, 5.41) is 12.0. The van der Waals surface area contributed by atoms with Crippen molar-refractivity contribution < 1.29 is 9.90 Å². The zero-order valence-electron chi connectivity index (χ0n) is 17.0. The van der Waals surface area contributed by atoms with Crippen LogP contribution in [0.3, 0.4) is 0 Å². The van der Waals surface area contributed by atoms with Crippen LogP contribution in [0, 0.1) is 0 Å². The van der Waals surface area contributed by atoms with Gasteiger partial charge in [0.2, 0.25) is 5.91 Å². The molecule has 0 heterocycles. The van der Waals surface area contributed by atoms with Crippen molar-refractivity contribution in [3.63, 3.8) is 0 Å². The summed E-state index contributed by atoms with van der Waals surface area (Å²) in [6.07, 6.45) is 23.3. The van der Waals surface area contributed by atoms with E-state index < -0.39 is 0 Å². The minimum Gasteiger partial charge on any atom is -0.508 e. The van der Waals surface area contributed by atoms with Gasteiger partial charge < -0.3 is 10.4 Å². The molecule has 1 aromatic carbocycles. The third-order valence-electron chi connectivity index (χ3n) is 4.54. The second-order valence-corrected chi connectivity index (χ2v) is 7.10. The van der Waals surface area contributed by atoms with Crippen molar-refractivity contribution in [2.45, 2.75) is 84.0 Å². The molecule has 0 saturated heterocycles. The van der Waals surface area contributed by atoms with E-state index in [1.807, 2.05) is 6.08 Å². The van der Waals surface area contributed by atoms with Gasteiger partial charge in [0, 0.05) is 5.69 Å². The molecular weight excluding hydrogens is 334 g/mol. The Kier molecular flexibility index (Phi) is 13.8. The molecule has 0 aliphatic heterocycles. The van der Waals surface area contributed by atoms with Gasteiger partial charge in [0.25, 0.3) is 0 Å². The molecule has 0 spiro atoms. The first kappa shape index (κ1) is 23.0. The smallest absolute Gasteiger partial charge is 0.248 e. The lowest BCUT2D eigenvalue weighted by Gasteiger charge is -2.01. The van der Waals surface area contributed by atoms with Crippen molar-refractivity contribution in [3.05, 3.63) is 48.6 Å². The number of unbranched alkanes of at least 4 members (excludes halogenated alkanes) is 10. The number of benzene rings is 1. The van der Waals surface area contributed by atoms with Gasteiger partial charge in [-0.3, -0.25) is 4.79 Å². The first-order valence-corrected chi connectivity index (χ1v) is 10.6. The third kappa shape index (κ3) is 13.8. The van der Waals surface area contributed by atoms with Crippen LogP contribution in [-0.2, 0) is 4.79 Å². The number of anilines is 1. The minimum absolute atomic E-state index is 0.127. The molecule has 2 N–H and O–H groups in total. The largest absolute Gasteiger partial charge is 0.508 e. The van der Waals surface area contributed by atoms with E-state index in [1.165, 1.54) is 64.2 Å². The fourth-order valence-electron chi connectivity index (χ4n) is 2.90. The number of allylic oxidation sites excluding steroid dienone is 3. The molecule has 1 aromatic rings. The zero-order chi connectivity index (χ0) is 19.6. The molecule has 0 bridgehead atoms. The molecule has 3 heteroatoms. The molecular formula is C24H37NO2. The van der Waals surface area contributed by atoms with Gasteiger partial charge in [0.15, 0.2) is 0 Å². The fourth-order valence-corrected chi connectivity index (χ4v) is 2.90. The van der Waals surface area contributed by atoms with Gasteiger partial charge in [0.05, 0.1) is 0 Å². The topological polar surface area (TPSA) is 49.3 Å². The highest BCUT2D eigenvalue weighted by Gasteiger charge is 1.97. The standard InChI is InChI=1S/C24H37NO2/c1-2-3-4-5-6-7-8-9-10-11-12-13-14-15-16-17-24(27)25-22-18-20-23(26)21-19-22/h9-10,16-21,26H,2-8,11-15H2,1H3,(H,25,27)/b10-9+,17-16+. The van der Waals surface area contributed by atoms with Crippen molar-refractivity contribution >= 4 is 11.6 Å². The monoisotopic (exact) mass is 371 g/mol. The van der Waals surface area contributed by atoms with Crippen molar-refractivity contribution in [2.24, 2.45) is 0 Å². The molecule has 0 aliphatic carbocycles. The number of phenols is 1. The number of aromatic hydroxyl groups is 1. The number of phenolic OH excluding ortho intramolecular Hbond substituents is 1. The van der Waals surface area contributed by atoms with Gasteiger partial charge in [0.1, 0.15) is 5.75 Å². The van der Waals surface area contributed by atoms with E-state index in [0.29, 0.717) is 5.69 Å². The predicted octanol–water partition coefficient (Wildman–Crippen LogP) is 7.14. The molecule has 150 valence electrons. The fraction of sp³-hybridized carbons (Fsp3) is 0.542. The third-order valence-corrected chi connectivity index (χ3v) is 4.54. The molecule has 0 aromatic heterocycles. The highest BCUT2D eigenvalue weighted by atomic mass is 16.3. The van der Waals surface area contributed by atoms with Gasteiger partial charge in [-0.05, 0) is 68.9 Å². The second-order valence-electron chi connectivity index (χ2n) is 7.10. The summed E-state index contributed by atoms with van der Waals surface area (Å²) in [5.74, 6) is 0.0686. The quantitative estimate of drug-likeness (QED) is 0.149. The molecule has 0 aliphatic rings. The lowest BCUT2D eigenvalue weighted by molar-refractivity contribution is -0.111. The molecule has 0 radical (unpaired) electrons. The van der Waals surface area contributed by atoms with E-state index in [2.05, 4.69) is 24.4 Å². The maximum Gasteiger partial charge on any atom is 0.248 e.